The van der Waals surface area contributed by atoms with Gasteiger partial charge in [0.25, 0.3) is 0 Å². The number of hydrogen-bond acceptors (Lipinski definition) is 3. The first-order chi connectivity index (χ1) is 9.28. The van der Waals surface area contributed by atoms with Crippen LogP contribution < -0.4 is 10.6 Å². The average molecular weight is 281 g/mol. The molecule has 0 bridgehead atoms. The Kier molecular flexibility index (Phi) is 5.57. The van der Waals surface area contributed by atoms with Gasteiger partial charge in [0.05, 0.1) is 12.7 Å². The Bertz CT molecular complexity index is 409. The van der Waals surface area contributed by atoms with Gasteiger partial charge in [-0.15, -0.1) is 0 Å². The van der Waals surface area contributed by atoms with Crippen LogP contribution in [0.4, 0.5) is 0 Å². The van der Waals surface area contributed by atoms with Crippen LogP contribution in [0.3, 0.4) is 0 Å². The van der Waals surface area contributed by atoms with E-state index in [1.54, 1.807) is 0 Å². The van der Waals surface area contributed by atoms with Crippen LogP contribution in [-0.4, -0.2) is 46.9 Å². The molecule has 1 aromatic rings. The molecule has 1 fully saturated rings. The Morgan fingerprint density at radius 3 is 3.16 bits per heavy atom. The topological polar surface area (TPSA) is 54.2 Å². The Morgan fingerprint density at radius 1 is 1.63 bits per heavy atom. The van der Waals surface area contributed by atoms with Crippen LogP contribution in [0.5, 0.6) is 0 Å². The summed E-state index contributed by atoms with van der Waals surface area (Å²) in [5.41, 5.74) is 1.20. The molecule has 2 N–H and O–H groups in total. The van der Waals surface area contributed by atoms with E-state index in [0.29, 0.717) is 6.04 Å². The van der Waals surface area contributed by atoms with Crippen molar-refractivity contribution in [1.82, 2.24) is 20.4 Å². The van der Waals surface area contributed by atoms with Crippen LogP contribution in [0.2, 0.25) is 0 Å². The maximum atomic E-state index is 4.27. The van der Waals surface area contributed by atoms with Gasteiger partial charge in [-0.1, -0.05) is 0 Å². The summed E-state index contributed by atoms with van der Waals surface area (Å²) in [6.45, 7) is 3.74. The predicted octanol–water partition coefficient (Wildman–Crippen LogP) is 1.25. The first kappa shape index (κ1) is 14.2. The monoisotopic (exact) mass is 281 g/mol. The van der Waals surface area contributed by atoms with Gasteiger partial charge in [0.15, 0.2) is 5.96 Å². The maximum Gasteiger partial charge on any atom is 0.191 e. The highest BCUT2D eigenvalue weighted by Gasteiger charge is 2.14. The number of nitrogens with one attached hydrogen (secondary N) is 2. The van der Waals surface area contributed by atoms with Gasteiger partial charge in [0.2, 0.25) is 0 Å². The molecular weight excluding hydrogens is 258 g/mol. The number of nitrogens with zero attached hydrogens (tertiary/aromatic N) is 3. The van der Waals surface area contributed by atoms with Crippen LogP contribution in [0.25, 0.3) is 0 Å². The summed E-state index contributed by atoms with van der Waals surface area (Å²) in [5.74, 6) is 3.37. The first-order valence-corrected chi connectivity index (χ1v) is 7.97. The summed E-state index contributed by atoms with van der Waals surface area (Å²) >= 11 is 2.02. The van der Waals surface area contributed by atoms with E-state index >= 15 is 0 Å². The van der Waals surface area contributed by atoms with Crippen LogP contribution in [0.1, 0.15) is 18.4 Å². The van der Waals surface area contributed by atoms with Gasteiger partial charge in [-0.3, -0.25) is 9.67 Å². The van der Waals surface area contributed by atoms with Gasteiger partial charge in [-0.2, -0.15) is 16.9 Å². The summed E-state index contributed by atoms with van der Waals surface area (Å²) in [6, 6.07) is 0.553. The Labute approximate surface area is 119 Å². The Hall–Kier alpha value is -1.17. The summed E-state index contributed by atoms with van der Waals surface area (Å²) in [5, 5.41) is 11.1. The molecular formula is C13H23N5S. The average Bonchev–Trinajstić information content (AvgIpc) is 2.84. The van der Waals surface area contributed by atoms with Crippen LogP contribution in [0, 0.1) is 6.92 Å². The van der Waals surface area contributed by atoms with E-state index < -0.39 is 0 Å². The van der Waals surface area contributed by atoms with Crippen LogP contribution in [0.15, 0.2) is 17.4 Å². The molecule has 1 aromatic heterocycles. The van der Waals surface area contributed by atoms with Crippen molar-refractivity contribution in [3.8, 4) is 0 Å². The van der Waals surface area contributed by atoms with Gasteiger partial charge in [-0.05, 0) is 31.1 Å². The smallest absolute Gasteiger partial charge is 0.191 e. The van der Waals surface area contributed by atoms with Crippen molar-refractivity contribution in [1.29, 1.82) is 0 Å². The molecule has 0 spiro atoms. The number of guanidine groups is 1. The van der Waals surface area contributed by atoms with E-state index in [0.717, 1.165) is 19.0 Å². The van der Waals surface area contributed by atoms with E-state index in [9.17, 15) is 0 Å². The number of aliphatic imine (C=N–C) groups is 1. The van der Waals surface area contributed by atoms with Crippen molar-refractivity contribution in [3.05, 3.63) is 18.0 Å². The molecule has 0 saturated carbocycles. The quantitative estimate of drug-likeness (QED) is 0.644. The van der Waals surface area contributed by atoms with Crippen molar-refractivity contribution in [2.45, 2.75) is 32.4 Å². The van der Waals surface area contributed by atoms with Crippen LogP contribution in [-0.2, 0) is 6.54 Å². The zero-order valence-electron chi connectivity index (χ0n) is 11.7. The molecule has 0 radical (unpaired) electrons. The standard InChI is InChI=1S/C13H23N5S/c1-11-8-16-18(9-11)6-5-15-13(14-2)17-12-4-3-7-19-10-12/h8-9,12H,3-7,10H2,1-2H3,(H2,14,15,17). The molecule has 19 heavy (non-hydrogen) atoms. The SMILES string of the molecule is CN=C(NCCn1cc(C)cn1)NC1CCCSC1. The highest BCUT2D eigenvalue weighted by atomic mass is 32.2. The van der Waals surface area contributed by atoms with Gasteiger partial charge in [-0.25, -0.2) is 0 Å². The highest BCUT2D eigenvalue weighted by Crippen LogP contribution is 2.16. The van der Waals surface area contributed by atoms with E-state index in [1.807, 2.05) is 29.7 Å². The summed E-state index contributed by atoms with van der Waals surface area (Å²) in [6.07, 6.45) is 6.47. The second-order valence-corrected chi connectivity index (χ2v) is 5.99. The maximum absolute atomic E-state index is 4.27. The van der Waals surface area contributed by atoms with Gasteiger partial charge < -0.3 is 10.6 Å². The number of aryl methyl sites for hydroxylation is 1. The summed E-state index contributed by atoms with van der Waals surface area (Å²) < 4.78 is 1.95. The minimum atomic E-state index is 0.553. The fraction of sp³-hybridized carbons (Fsp3) is 0.692. The third-order valence-corrected chi connectivity index (χ3v) is 4.34. The highest BCUT2D eigenvalue weighted by molar-refractivity contribution is 7.99. The molecule has 0 amide bonds. The second-order valence-electron chi connectivity index (χ2n) is 4.84. The van der Waals surface area contributed by atoms with Crippen molar-refractivity contribution < 1.29 is 0 Å². The Morgan fingerprint density at radius 2 is 2.53 bits per heavy atom. The minimum Gasteiger partial charge on any atom is -0.355 e. The molecule has 1 atom stereocenters. The van der Waals surface area contributed by atoms with E-state index in [1.165, 1.54) is 29.9 Å². The molecule has 106 valence electrons. The summed E-state index contributed by atoms with van der Waals surface area (Å²) in [4.78, 5) is 4.27. The fourth-order valence-corrected chi connectivity index (χ4v) is 3.19. The van der Waals surface area contributed by atoms with Crippen molar-refractivity contribution in [2.75, 3.05) is 25.1 Å². The molecule has 1 aliphatic heterocycles. The number of rotatable bonds is 4. The lowest BCUT2D eigenvalue weighted by atomic mass is 10.2. The molecule has 1 unspecified atom stereocenters. The van der Waals surface area contributed by atoms with Gasteiger partial charge >= 0.3 is 0 Å². The molecule has 0 aromatic carbocycles. The third kappa shape index (κ3) is 4.78. The molecule has 1 aliphatic rings. The van der Waals surface area contributed by atoms with Crippen molar-refractivity contribution >= 4 is 17.7 Å². The molecule has 0 aliphatic carbocycles. The first-order valence-electron chi connectivity index (χ1n) is 6.82. The lowest BCUT2D eigenvalue weighted by molar-refractivity contribution is 0.565. The number of hydrogen-bond donors (Lipinski definition) is 2. The van der Waals surface area contributed by atoms with Crippen molar-refractivity contribution in [2.24, 2.45) is 4.99 Å². The van der Waals surface area contributed by atoms with Crippen molar-refractivity contribution in [3.63, 3.8) is 0 Å². The molecule has 5 nitrogen and oxygen atoms in total. The van der Waals surface area contributed by atoms with E-state index in [2.05, 4.69) is 33.8 Å². The zero-order chi connectivity index (χ0) is 13.5. The van der Waals surface area contributed by atoms with E-state index in [4.69, 9.17) is 0 Å². The molecule has 2 rings (SSSR count). The van der Waals surface area contributed by atoms with E-state index in [-0.39, 0.29) is 0 Å². The lowest BCUT2D eigenvalue weighted by Crippen LogP contribution is -2.46. The lowest BCUT2D eigenvalue weighted by Gasteiger charge is -2.24. The second kappa shape index (κ2) is 7.43. The normalized spacial score (nSPS) is 20.3. The van der Waals surface area contributed by atoms with Gasteiger partial charge in [0.1, 0.15) is 0 Å². The number of aromatic nitrogens is 2. The number of thioether (sulfide) groups is 1. The largest absolute Gasteiger partial charge is 0.355 e. The molecule has 2 heterocycles. The van der Waals surface area contributed by atoms with Crippen LogP contribution >= 0.6 is 11.8 Å². The predicted molar refractivity (Wildman–Crippen MR) is 81.8 cm³/mol. The molecule has 1 saturated heterocycles. The summed E-state index contributed by atoms with van der Waals surface area (Å²) in [7, 11) is 1.82. The third-order valence-electron chi connectivity index (χ3n) is 3.12. The fourth-order valence-electron chi connectivity index (χ4n) is 2.12. The Balaban J connectivity index is 1.70. The minimum absolute atomic E-state index is 0.553. The molecule has 6 heteroatoms. The van der Waals surface area contributed by atoms with Gasteiger partial charge in [0, 0.05) is 31.6 Å². The zero-order valence-corrected chi connectivity index (χ0v) is 12.5.